The minimum Gasteiger partial charge on any atom is -0.490 e. The molecule has 0 bridgehead atoms. The number of hydrogen-bond acceptors (Lipinski definition) is 3. The molecule has 0 aliphatic carbocycles. The third kappa shape index (κ3) is 2.77. The number of carbonyl (C=O) groups excluding carboxylic acids is 1. The molecule has 0 aliphatic rings. The van der Waals surface area contributed by atoms with Crippen molar-refractivity contribution in [2.24, 2.45) is 0 Å². The maximum atomic E-state index is 10.6. The van der Waals surface area contributed by atoms with E-state index in [9.17, 15) is 4.79 Å². The van der Waals surface area contributed by atoms with Gasteiger partial charge in [-0.15, -0.1) is 12.6 Å². The van der Waals surface area contributed by atoms with Crippen LogP contribution in [0.3, 0.4) is 0 Å². The van der Waals surface area contributed by atoms with Crippen LogP contribution in [-0.2, 0) is 0 Å². The maximum absolute atomic E-state index is 10.6. The van der Waals surface area contributed by atoms with Crippen LogP contribution in [-0.4, -0.2) is 12.4 Å². The Morgan fingerprint density at radius 2 is 2.15 bits per heavy atom. The van der Waals surface area contributed by atoms with Gasteiger partial charge in [-0.1, -0.05) is 0 Å². The van der Waals surface area contributed by atoms with E-state index < -0.39 is 0 Å². The fourth-order valence-electron chi connectivity index (χ4n) is 0.989. The van der Waals surface area contributed by atoms with Gasteiger partial charge >= 0.3 is 0 Å². The smallest absolute Gasteiger partial charge is 0.153 e. The number of rotatable bonds is 3. The summed E-state index contributed by atoms with van der Waals surface area (Å²) in [7, 11) is 0. The Kier molecular flexibility index (Phi) is 3.37. The third-order valence-corrected chi connectivity index (χ3v) is 1.76. The molecule has 0 aliphatic heterocycles. The van der Waals surface area contributed by atoms with Gasteiger partial charge in [-0.25, -0.2) is 0 Å². The molecule has 3 heteroatoms. The molecule has 13 heavy (non-hydrogen) atoms. The summed E-state index contributed by atoms with van der Waals surface area (Å²) in [6.45, 7) is 3.84. The molecule has 0 aromatic heterocycles. The largest absolute Gasteiger partial charge is 0.490 e. The van der Waals surface area contributed by atoms with Crippen LogP contribution in [0.1, 0.15) is 24.2 Å². The van der Waals surface area contributed by atoms with Crippen molar-refractivity contribution in [2.45, 2.75) is 24.8 Å². The standard InChI is InChI=1S/C10H12O2S/c1-7(2)12-10-4-3-9(13)5-8(10)6-11/h3-7,13H,1-2H3. The van der Waals surface area contributed by atoms with Gasteiger partial charge in [0, 0.05) is 4.90 Å². The van der Waals surface area contributed by atoms with Gasteiger partial charge in [0.25, 0.3) is 0 Å². The molecule has 0 saturated heterocycles. The Hall–Kier alpha value is -0.960. The zero-order chi connectivity index (χ0) is 9.84. The predicted molar refractivity (Wildman–Crippen MR) is 54.8 cm³/mol. The lowest BCUT2D eigenvalue weighted by molar-refractivity contribution is 0.111. The second kappa shape index (κ2) is 4.33. The van der Waals surface area contributed by atoms with Gasteiger partial charge in [0.2, 0.25) is 0 Å². The zero-order valence-corrected chi connectivity index (χ0v) is 8.54. The molecule has 0 amide bonds. The Bertz CT molecular complexity index is 308. The van der Waals surface area contributed by atoms with Crippen LogP contribution < -0.4 is 4.74 Å². The van der Waals surface area contributed by atoms with Crippen LogP contribution in [0, 0.1) is 0 Å². The number of carbonyl (C=O) groups is 1. The van der Waals surface area contributed by atoms with E-state index >= 15 is 0 Å². The normalized spacial score (nSPS) is 10.2. The van der Waals surface area contributed by atoms with E-state index in [4.69, 9.17) is 4.74 Å². The summed E-state index contributed by atoms with van der Waals surface area (Å²) in [6.07, 6.45) is 0.849. The van der Waals surface area contributed by atoms with Gasteiger partial charge in [-0.05, 0) is 32.0 Å². The first-order chi connectivity index (χ1) is 6.13. The lowest BCUT2D eigenvalue weighted by Gasteiger charge is -2.11. The average Bonchev–Trinajstić information content (AvgIpc) is 2.07. The fourth-order valence-corrected chi connectivity index (χ4v) is 1.20. The van der Waals surface area contributed by atoms with E-state index in [0.717, 1.165) is 11.2 Å². The Balaban J connectivity index is 2.99. The third-order valence-electron chi connectivity index (χ3n) is 1.48. The molecule has 2 nitrogen and oxygen atoms in total. The molecule has 1 aromatic carbocycles. The molecule has 0 N–H and O–H groups in total. The van der Waals surface area contributed by atoms with Gasteiger partial charge in [-0.2, -0.15) is 0 Å². The van der Waals surface area contributed by atoms with Crippen molar-refractivity contribution in [3.63, 3.8) is 0 Å². The fraction of sp³-hybridized carbons (Fsp3) is 0.300. The second-order valence-electron chi connectivity index (χ2n) is 3.01. The summed E-state index contributed by atoms with van der Waals surface area (Å²) in [5, 5.41) is 0. The molecule has 0 saturated carbocycles. The van der Waals surface area contributed by atoms with E-state index in [1.165, 1.54) is 0 Å². The minimum absolute atomic E-state index is 0.0736. The molecule has 0 unspecified atom stereocenters. The van der Waals surface area contributed by atoms with E-state index in [1.54, 1.807) is 18.2 Å². The minimum atomic E-state index is 0.0736. The Labute approximate surface area is 83.3 Å². The maximum Gasteiger partial charge on any atom is 0.153 e. The molecule has 1 aromatic rings. The molecule has 0 atom stereocenters. The topological polar surface area (TPSA) is 26.3 Å². The molecule has 0 radical (unpaired) electrons. The molecule has 0 heterocycles. The van der Waals surface area contributed by atoms with Crippen molar-refractivity contribution in [3.05, 3.63) is 23.8 Å². The zero-order valence-electron chi connectivity index (χ0n) is 7.65. The average molecular weight is 196 g/mol. The number of thiol groups is 1. The van der Waals surface area contributed by atoms with Crippen LogP contribution in [0.2, 0.25) is 0 Å². The molecule has 1 rings (SSSR count). The highest BCUT2D eigenvalue weighted by Crippen LogP contribution is 2.21. The van der Waals surface area contributed by atoms with Gasteiger partial charge in [-0.3, -0.25) is 4.79 Å². The summed E-state index contributed by atoms with van der Waals surface area (Å²) < 4.78 is 5.43. The highest BCUT2D eigenvalue weighted by atomic mass is 32.1. The first kappa shape index (κ1) is 10.1. The van der Waals surface area contributed by atoms with E-state index in [-0.39, 0.29) is 6.10 Å². The number of aldehydes is 1. The Morgan fingerprint density at radius 1 is 1.46 bits per heavy atom. The molecular formula is C10H12O2S. The molecule has 0 spiro atoms. The van der Waals surface area contributed by atoms with Crippen LogP contribution >= 0.6 is 12.6 Å². The molecular weight excluding hydrogens is 184 g/mol. The molecule has 70 valence electrons. The van der Waals surface area contributed by atoms with E-state index in [1.807, 2.05) is 13.8 Å². The van der Waals surface area contributed by atoms with Crippen LogP contribution in [0.5, 0.6) is 5.75 Å². The lowest BCUT2D eigenvalue weighted by Crippen LogP contribution is -2.07. The lowest BCUT2D eigenvalue weighted by atomic mass is 10.2. The van der Waals surface area contributed by atoms with Crippen molar-refractivity contribution in [3.8, 4) is 5.75 Å². The Morgan fingerprint density at radius 3 is 2.69 bits per heavy atom. The summed E-state index contributed by atoms with van der Waals surface area (Å²) in [6, 6.07) is 5.24. The summed E-state index contributed by atoms with van der Waals surface area (Å²) in [5.41, 5.74) is 0.543. The first-order valence-corrected chi connectivity index (χ1v) is 4.53. The van der Waals surface area contributed by atoms with Crippen molar-refractivity contribution >= 4 is 18.9 Å². The van der Waals surface area contributed by atoms with Crippen molar-refractivity contribution < 1.29 is 9.53 Å². The molecule has 0 fully saturated rings. The van der Waals surface area contributed by atoms with Crippen LogP contribution in [0.25, 0.3) is 0 Å². The van der Waals surface area contributed by atoms with E-state index in [2.05, 4.69) is 12.6 Å². The second-order valence-corrected chi connectivity index (χ2v) is 3.52. The summed E-state index contributed by atoms with van der Waals surface area (Å²) in [4.78, 5) is 11.4. The predicted octanol–water partition coefficient (Wildman–Crippen LogP) is 2.58. The highest BCUT2D eigenvalue weighted by Gasteiger charge is 2.04. The summed E-state index contributed by atoms with van der Waals surface area (Å²) >= 11 is 4.13. The van der Waals surface area contributed by atoms with Crippen molar-refractivity contribution in [1.82, 2.24) is 0 Å². The van der Waals surface area contributed by atoms with Gasteiger partial charge < -0.3 is 4.74 Å². The monoisotopic (exact) mass is 196 g/mol. The number of ether oxygens (including phenoxy) is 1. The van der Waals surface area contributed by atoms with Gasteiger partial charge in [0.05, 0.1) is 11.7 Å². The van der Waals surface area contributed by atoms with Crippen molar-refractivity contribution in [1.29, 1.82) is 0 Å². The van der Waals surface area contributed by atoms with Gasteiger partial charge in [0.1, 0.15) is 5.75 Å². The van der Waals surface area contributed by atoms with Crippen LogP contribution in [0.4, 0.5) is 0 Å². The van der Waals surface area contributed by atoms with E-state index in [0.29, 0.717) is 11.3 Å². The SMILES string of the molecule is CC(C)Oc1ccc(S)cc1C=O. The number of benzene rings is 1. The highest BCUT2D eigenvalue weighted by molar-refractivity contribution is 7.80. The van der Waals surface area contributed by atoms with Gasteiger partial charge in [0.15, 0.2) is 6.29 Å². The first-order valence-electron chi connectivity index (χ1n) is 4.08. The van der Waals surface area contributed by atoms with Crippen molar-refractivity contribution in [2.75, 3.05) is 0 Å². The number of hydrogen-bond donors (Lipinski definition) is 1. The summed E-state index contributed by atoms with van der Waals surface area (Å²) in [5.74, 6) is 0.614. The van der Waals surface area contributed by atoms with Crippen LogP contribution in [0.15, 0.2) is 23.1 Å². The quantitative estimate of drug-likeness (QED) is 0.594.